The first kappa shape index (κ1) is 31.4. The fourth-order valence-corrected chi connectivity index (χ4v) is 4.24. The molecule has 2 rings (SSSR count). The smallest absolute Gasteiger partial charge is 0.307 e. The van der Waals surface area contributed by atoms with E-state index in [-0.39, 0.29) is 12.3 Å². The lowest BCUT2D eigenvalue weighted by Crippen LogP contribution is -2.12. The van der Waals surface area contributed by atoms with Crippen LogP contribution in [0.1, 0.15) is 74.3 Å². The maximum absolute atomic E-state index is 13.0. The van der Waals surface area contributed by atoms with Crippen LogP contribution in [-0.2, 0) is 11.2 Å². The molecular weight excluding hydrogens is 486 g/mol. The summed E-state index contributed by atoms with van der Waals surface area (Å²) in [6.07, 6.45) is 32.5. The molecule has 0 fully saturated rings. The van der Waals surface area contributed by atoms with Gasteiger partial charge in [-0.1, -0.05) is 79.8 Å². The molecule has 0 bridgehead atoms. The molecule has 0 aliphatic carbocycles. The van der Waals surface area contributed by atoms with E-state index < -0.39 is 5.97 Å². The van der Waals surface area contributed by atoms with Crippen LogP contribution < -0.4 is 4.74 Å². The third-order valence-corrected chi connectivity index (χ3v) is 6.24. The van der Waals surface area contributed by atoms with E-state index in [0.29, 0.717) is 29.8 Å². The molecule has 5 heteroatoms. The molecule has 0 aliphatic rings. The van der Waals surface area contributed by atoms with Crippen molar-refractivity contribution in [3.8, 4) is 5.75 Å². The van der Waals surface area contributed by atoms with E-state index in [4.69, 9.17) is 4.74 Å². The van der Waals surface area contributed by atoms with E-state index >= 15 is 0 Å². The molecule has 1 heterocycles. The molecule has 1 aromatic heterocycles. The zero-order valence-electron chi connectivity index (χ0n) is 23.6. The Balaban J connectivity index is 1.73. The van der Waals surface area contributed by atoms with Crippen LogP contribution in [0.5, 0.6) is 5.75 Å². The van der Waals surface area contributed by atoms with Crippen LogP contribution in [0.15, 0.2) is 91.1 Å². The van der Waals surface area contributed by atoms with Gasteiger partial charge >= 0.3 is 5.97 Å². The quantitative estimate of drug-likeness (QED) is 0.208. The van der Waals surface area contributed by atoms with Crippen LogP contribution in [0.3, 0.4) is 0 Å². The minimum atomic E-state index is -0.926. The third-order valence-electron chi connectivity index (χ3n) is 6.24. The molecule has 0 saturated carbocycles. The standard InChI is InChI=1S/C34H43NO4/c1-4-5-6-7-8-9-10-11-12-13-14-15-16-17-18-19-20-21-22-23-33(36)35-28(2)30(27-34(37)38)31-26-29(39-3)24-25-32(31)35/h5-6,8-9,11-12,14-15,17-18,20-21,24-26H,4,7,10,13,16,19,22-23,27H2,1-3H3,(H,37,38). The van der Waals surface area contributed by atoms with E-state index in [1.54, 1.807) is 30.7 Å². The molecule has 1 aromatic carbocycles. The predicted molar refractivity (Wildman–Crippen MR) is 163 cm³/mol. The number of aromatic nitrogens is 1. The summed E-state index contributed by atoms with van der Waals surface area (Å²) in [5, 5.41) is 10.1. The summed E-state index contributed by atoms with van der Waals surface area (Å²) in [5.74, 6) is -0.332. The van der Waals surface area contributed by atoms with Gasteiger partial charge in [-0.05, 0) is 75.6 Å². The maximum Gasteiger partial charge on any atom is 0.307 e. The van der Waals surface area contributed by atoms with Crippen LogP contribution >= 0.6 is 0 Å². The summed E-state index contributed by atoms with van der Waals surface area (Å²) in [4.78, 5) is 24.4. The SMILES string of the molecule is CCC=CCC=CCC=CCC=CCC=CCC=CCCC(=O)n1c(C)c(CC(=O)O)c2cc(OC)ccc21. The monoisotopic (exact) mass is 529 g/mol. The van der Waals surface area contributed by atoms with E-state index in [2.05, 4.69) is 73.8 Å². The number of rotatable bonds is 17. The molecule has 0 spiro atoms. The van der Waals surface area contributed by atoms with E-state index in [1.165, 1.54) is 0 Å². The Bertz CT molecular complexity index is 1240. The van der Waals surface area contributed by atoms with E-state index in [0.717, 1.165) is 49.4 Å². The molecule has 0 saturated heterocycles. The second-order valence-corrected chi connectivity index (χ2v) is 9.20. The molecule has 0 aliphatic heterocycles. The number of benzene rings is 1. The summed E-state index contributed by atoms with van der Waals surface area (Å²) in [5.41, 5.74) is 2.05. The minimum Gasteiger partial charge on any atom is -0.497 e. The van der Waals surface area contributed by atoms with Crippen molar-refractivity contribution in [1.29, 1.82) is 0 Å². The number of ether oxygens (including phenoxy) is 1. The fraction of sp³-hybridized carbons (Fsp3) is 0.353. The van der Waals surface area contributed by atoms with Gasteiger partial charge in [0.25, 0.3) is 0 Å². The van der Waals surface area contributed by atoms with E-state index in [9.17, 15) is 14.7 Å². The lowest BCUT2D eigenvalue weighted by atomic mass is 10.1. The number of nitrogens with zero attached hydrogens (tertiary/aromatic N) is 1. The van der Waals surface area contributed by atoms with Gasteiger partial charge < -0.3 is 9.84 Å². The van der Waals surface area contributed by atoms with Crippen molar-refractivity contribution in [2.75, 3.05) is 7.11 Å². The molecule has 2 aromatic rings. The van der Waals surface area contributed by atoms with Gasteiger partial charge in [0.05, 0.1) is 19.0 Å². The van der Waals surface area contributed by atoms with Gasteiger partial charge in [-0.3, -0.25) is 14.2 Å². The van der Waals surface area contributed by atoms with Crippen LogP contribution in [0, 0.1) is 6.92 Å². The van der Waals surface area contributed by atoms with Crippen LogP contribution in [0.2, 0.25) is 0 Å². The molecular formula is C34H43NO4. The number of aliphatic carboxylic acids is 1. The molecule has 39 heavy (non-hydrogen) atoms. The van der Waals surface area contributed by atoms with Gasteiger partial charge in [-0.25, -0.2) is 0 Å². The van der Waals surface area contributed by atoms with Crippen LogP contribution in [0.25, 0.3) is 10.9 Å². The molecule has 208 valence electrons. The predicted octanol–water partition coefficient (Wildman–Crippen LogP) is 8.70. The summed E-state index contributed by atoms with van der Waals surface area (Å²) in [7, 11) is 1.57. The highest BCUT2D eigenvalue weighted by atomic mass is 16.5. The second kappa shape index (κ2) is 18.4. The van der Waals surface area contributed by atoms with Crippen molar-refractivity contribution in [2.24, 2.45) is 0 Å². The number of carbonyl (C=O) groups excluding carboxylic acids is 1. The lowest BCUT2D eigenvalue weighted by molar-refractivity contribution is -0.136. The molecule has 0 unspecified atom stereocenters. The number of carbonyl (C=O) groups is 2. The zero-order chi connectivity index (χ0) is 28.3. The van der Waals surface area contributed by atoms with Crippen molar-refractivity contribution in [2.45, 2.75) is 71.6 Å². The average Bonchev–Trinajstić information content (AvgIpc) is 3.19. The zero-order valence-corrected chi connectivity index (χ0v) is 23.6. The van der Waals surface area contributed by atoms with Gasteiger partial charge in [0, 0.05) is 17.5 Å². The number of fused-ring (bicyclic) bond motifs is 1. The number of methoxy groups -OCH3 is 1. The van der Waals surface area contributed by atoms with E-state index in [1.807, 2.05) is 12.1 Å². The largest absolute Gasteiger partial charge is 0.497 e. The van der Waals surface area contributed by atoms with Crippen molar-refractivity contribution in [3.63, 3.8) is 0 Å². The molecule has 0 amide bonds. The topological polar surface area (TPSA) is 68.5 Å². The Morgan fingerprint density at radius 3 is 1.82 bits per heavy atom. The number of allylic oxidation sites excluding steroid dienone is 12. The number of carboxylic acid groups (broad SMARTS) is 1. The van der Waals surface area contributed by atoms with Gasteiger partial charge in [-0.15, -0.1) is 0 Å². The van der Waals surface area contributed by atoms with Gasteiger partial charge in [0.2, 0.25) is 5.91 Å². The Labute approximate surface area is 233 Å². The second-order valence-electron chi connectivity index (χ2n) is 9.20. The number of hydrogen-bond donors (Lipinski definition) is 1. The molecule has 0 atom stereocenters. The summed E-state index contributed by atoms with van der Waals surface area (Å²) < 4.78 is 6.94. The molecule has 1 N–H and O–H groups in total. The Morgan fingerprint density at radius 2 is 1.33 bits per heavy atom. The van der Waals surface area contributed by atoms with Crippen molar-refractivity contribution < 1.29 is 19.4 Å². The molecule has 0 radical (unpaired) electrons. The van der Waals surface area contributed by atoms with Gasteiger partial charge in [0.1, 0.15) is 5.75 Å². The summed E-state index contributed by atoms with van der Waals surface area (Å²) in [6.45, 7) is 3.95. The van der Waals surface area contributed by atoms with Gasteiger partial charge in [-0.2, -0.15) is 0 Å². The first-order chi connectivity index (χ1) is 19.0. The number of hydrogen-bond acceptors (Lipinski definition) is 3. The van der Waals surface area contributed by atoms with Crippen molar-refractivity contribution in [3.05, 3.63) is 102 Å². The number of carboxylic acids is 1. The lowest BCUT2D eigenvalue weighted by Gasteiger charge is -2.06. The maximum atomic E-state index is 13.0. The normalized spacial score (nSPS) is 12.6. The Kier molecular flexibility index (Phi) is 14.8. The van der Waals surface area contributed by atoms with Crippen molar-refractivity contribution in [1.82, 2.24) is 4.57 Å². The fourth-order valence-electron chi connectivity index (χ4n) is 4.24. The highest BCUT2D eigenvalue weighted by molar-refractivity contribution is 5.98. The Morgan fingerprint density at radius 1 is 0.821 bits per heavy atom. The minimum absolute atomic E-state index is 0.0427. The summed E-state index contributed by atoms with van der Waals surface area (Å²) >= 11 is 0. The van der Waals surface area contributed by atoms with Crippen LogP contribution in [0.4, 0.5) is 0 Å². The average molecular weight is 530 g/mol. The highest BCUT2D eigenvalue weighted by Gasteiger charge is 2.20. The Hall–Kier alpha value is -3.86. The first-order valence-corrected chi connectivity index (χ1v) is 13.8. The molecule has 5 nitrogen and oxygen atoms in total. The third kappa shape index (κ3) is 11.2. The summed E-state index contributed by atoms with van der Waals surface area (Å²) in [6, 6.07) is 5.42. The van der Waals surface area contributed by atoms with Gasteiger partial charge in [0.15, 0.2) is 0 Å². The first-order valence-electron chi connectivity index (χ1n) is 13.8. The van der Waals surface area contributed by atoms with Crippen LogP contribution in [-0.4, -0.2) is 28.7 Å². The highest BCUT2D eigenvalue weighted by Crippen LogP contribution is 2.30. The van der Waals surface area contributed by atoms with Crippen molar-refractivity contribution >= 4 is 22.8 Å².